The van der Waals surface area contributed by atoms with Gasteiger partial charge in [0, 0.05) is 6.61 Å². The minimum atomic E-state index is -4.42. The fraction of sp³-hybridized carbons (Fsp3) is 0.448. The Balaban J connectivity index is 1.33. The Labute approximate surface area is 252 Å². The van der Waals surface area contributed by atoms with E-state index in [1.807, 2.05) is 11.9 Å². The van der Waals surface area contributed by atoms with E-state index >= 15 is 0 Å². The molecule has 3 atom stereocenters. The first-order chi connectivity index (χ1) is 20.6. The molecule has 2 saturated heterocycles. The van der Waals surface area contributed by atoms with Gasteiger partial charge >= 0.3 is 223 Å². The Morgan fingerprint density at radius 2 is 2.09 bits per heavy atom. The van der Waals surface area contributed by atoms with Crippen LogP contribution in [-0.4, -0.2) is 106 Å². The van der Waals surface area contributed by atoms with E-state index in [2.05, 4.69) is 32.9 Å². The van der Waals surface area contributed by atoms with Gasteiger partial charge in [0.2, 0.25) is 0 Å². The van der Waals surface area contributed by atoms with Crippen molar-refractivity contribution in [3.63, 3.8) is 0 Å². The molecule has 2 fully saturated rings. The number of carbonyl (C=O) groups excluding carboxylic acids is 1. The van der Waals surface area contributed by atoms with Crippen LogP contribution in [0.5, 0.6) is 5.75 Å². The number of nitrogens with one attached hydrogen (secondary N) is 3. The average molecular weight is 668 g/mol. The van der Waals surface area contributed by atoms with E-state index in [1.165, 1.54) is 11.6 Å². The summed E-state index contributed by atoms with van der Waals surface area (Å²) in [6.07, 6.45) is 0.182. The Morgan fingerprint density at radius 3 is 2.81 bits per heavy atom. The van der Waals surface area contributed by atoms with E-state index in [0.717, 1.165) is 6.42 Å². The third-order valence-electron chi connectivity index (χ3n) is 7.21. The summed E-state index contributed by atoms with van der Waals surface area (Å²) in [7, 11) is 3.32. The second kappa shape index (κ2) is 13.4. The number of fused-ring (bicyclic) bond motifs is 1. The molecular formula is C29H32F4N6O3Se. The summed E-state index contributed by atoms with van der Waals surface area (Å²) in [6.45, 7) is 2.15. The Morgan fingerprint density at radius 1 is 1.26 bits per heavy atom. The molecule has 9 nitrogen and oxygen atoms in total. The van der Waals surface area contributed by atoms with Crippen LogP contribution in [0.15, 0.2) is 36.4 Å². The van der Waals surface area contributed by atoms with E-state index in [-0.39, 0.29) is 40.7 Å². The number of carbonyl (C=O) groups is 1. The molecule has 0 radical (unpaired) electrons. The van der Waals surface area contributed by atoms with Crippen LogP contribution in [0.25, 0.3) is 5.52 Å². The molecule has 14 heteroatoms. The summed E-state index contributed by atoms with van der Waals surface area (Å²) in [5, 5.41) is 9.15. The third kappa shape index (κ3) is 7.72. The Kier molecular flexibility index (Phi) is 9.66. The summed E-state index contributed by atoms with van der Waals surface area (Å²) < 4.78 is 67.6. The number of hydrogen-bond donors (Lipinski definition) is 3. The van der Waals surface area contributed by atoms with E-state index in [1.54, 1.807) is 36.4 Å². The van der Waals surface area contributed by atoms with Gasteiger partial charge in [-0.05, 0) is 6.42 Å². The van der Waals surface area contributed by atoms with E-state index in [9.17, 15) is 22.4 Å². The summed E-state index contributed by atoms with van der Waals surface area (Å²) in [6, 6.07) is 9.29. The van der Waals surface area contributed by atoms with Crippen molar-refractivity contribution >= 4 is 42.3 Å². The molecule has 43 heavy (non-hydrogen) atoms. The topological polar surface area (TPSA) is 92.2 Å². The number of hydrogen-bond acceptors (Lipinski definition) is 7. The average Bonchev–Trinajstić information content (AvgIpc) is 3.60. The van der Waals surface area contributed by atoms with Gasteiger partial charge in [-0.3, -0.25) is 0 Å². The van der Waals surface area contributed by atoms with E-state index < -0.39 is 32.2 Å². The van der Waals surface area contributed by atoms with Crippen molar-refractivity contribution in [3.8, 4) is 17.6 Å². The first-order valence-corrected chi connectivity index (χ1v) is 15.5. The van der Waals surface area contributed by atoms with Gasteiger partial charge in [-0.25, -0.2) is 0 Å². The Hall–Kier alpha value is -3.50. The van der Waals surface area contributed by atoms with Crippen molar-refractivity contribution in [3.05, 3.63) is 47.7 Å². The van der Waals surface area contributed by atoms with Gasteiger partial charge in [-0.1, -0.05) is 0 Å². The first kappa shape index (κ1) is 30.9. The number of alkyl halides is 4. The summed E-state index contributed by atoms with van der Waals surface area (Å²) in [4.78, 5) is 14.5. The molecule has 1 amide bonds. The van der Waals surface area contributed by atoms with Crippen LogP contribution in [0.2, 0.25) is 0 Å². The maximum absolute atomic E-state index is 14.7. The SMILES string of the molecule is COc1cc(C(=O)N[C@@H]2CCOC2)ccc1NCC#Cc1nn2c(N[C@@H]3CCN(C)C[C@@H]3F)cccc2c1[Se]C(F)(F)F. The van der Waals surface area contributed by atoms with Crippen molar-refractivity contribution in [1.82, 2.24) is 19.8 Å². The number of anilines is 2. The van der Waals surface area contributed by atoms with Crippen molar-refractivity contribution in [2.45, 2.75) is 36.2 Å². The molecule has 0 spiro atoms. The van der Waals surface area contributed by atoms with Gasteiger partial charge in [0.25, 0.3) is 0 Å². The fourth-order valence-electron chi connectivity index (χ4n) is 5.03. The molecule has 0 bridgehead atoms. The van der Waals surface area contributed by atoms with Crippen LogP contribution in [-0.2, 0) is 4.74 Å². The zero-order valence-corrected chi connectivity index (χ0v) is 25.3. The quantitative estimate of drug-likeness (QED) is 0.194. The standard InChI is InChI=1S/C29H32F4N6O3Se/c1-38-13-10-21(20(30)16-38)36-26-7-3-6-24-27(43-29(31,32)33)23(37-39(24)26)5-4-12-34-22-9-8-18(15-25(22)41-2)28(40)35-19-11-14-42-17-19/h3,6-9,15,19-21,34,36H,10-14,16-17H2,1-2H3,(H,35,40)/t19-,20+,21-/m1/s1. The number of halogens is 4. The fourth-order valence-corrected chi connectivity index (χ4v) is 6.45. The summed E-state index contributed by atoms with van der Waals surface area (Å²) in [5.74, 6) is 6.24. The molecule has 2 aromatic heterocycles. The zero-order valence-electron chi connectivity index (χ0n) is 23.6. The molecule has 0 saturated carbocycles. The number of rotatable bonds is 8. The molecule has 3 N–H and O–H groups in total. The first-order valence-electron chi connectivity index (χ1n) is 13.8. The third-order valence-corrected chi connectivity index (χ3v) is 8.97. The van der Waals surface area contributed by atoms with Crippen molar-refractivity contribution in [2.75, 3.05) is 57.6 Å². The normalized spacial score (nSPS) is 20.8. The van der Waals surface area contributed by atoms with Gasteiger partial charge in [0.05, 0.1) is 12.6 Å². The number of pyridine rings is 1. The van der Waals surface area contributed by atoms with Gasteiger partial charge < -0.3 is 4.74 Å². The number of ether oxygens (including phenoxy) is 2. The van der Waals surface area contributed by atoms with Crippen LogP contribution in [0, 0.1) is 11.8 Å². The number of amides is 1. The molecule has 4 heterocycles. The Bertz CT molecular complexity index is 1520. The van der Waals surface area contributed by atoms with Crippen LogP contribution < -0.4 is 25.1 Å². The van der Waals surface area contributed by atoms with Crippen LogP contribution in [0.3, 0.4) is 0 Å². The molecule has 3 aromatic rings. The maximum atomic E-state index is 14.7. The van der Waals surface area contributed by atoms with Gasteiger partial charge in [-0.15, -0.1) is 0 Å². The van der Waals surface area contributed by atoms with Crippen molar-refractivity contribution in [2.24, 2.45) is 0 Å². The van der Waals surface area contributed by atoms with Crippen molar-refractivity contribution in [1.29, 1.82) is 0 Å². The molecule has 0 unspecified atom stereocenters. The van der Waals surface area contributed by atoms with Crippen molar-refractivity contribution < 1.29 is 31.8 Å². The molecule has 2 aliphatic heterocycles. The molecule has 1 aromatic carbocycles. The molecular weight excluding hydrogens is 635 g/mol. The molecule has 230 valence electrons. The number of piperidine rings is 1. The number of aromatic nitrogens is 2. The molecule has 5 rings (SSSR count). The summed E-state index contributed by atoms with van der Waals surface area (Å²) >= 11 is -1.90. The van der Waals surface area contributed by atoms with Gasteiger partial charge in [0.15, 0.2) is 0 Å². The van der Waals surface area contributed by atoms with E-state index in [4.69, 9.17) is 9.47 Å². The van der Waals surface area contributed by atoms with Gasteiger partial charge in [-0.2, -0.15) is 0 Å². The number of benzene rings is 1. The number of nitrogens with zero attached hydrogens (tertiary/aromatic N) is 3. The van der Waals surface area contributed by atoms with Gasteiger partial charge in [0.1, 0.15) is 0 Å². The van der Waals surface area contributed by atoms with Crippen LogP contribution in [0.4, 0.5) is 29.1 Å². The number of likely N-dealkylation sites (tertiary alicyclic amines) is 1. The second-order valence-electron chi connectivity index (χ2n) is 10.4. The van der Waals surface area contributed by atoms with Crippen LogP contribution in [0.1, 0.15) is 28.9 Å². The van der Waals surface area contributed by atoms with E-state index in [0.29, 0.717) is 49.0 Å². The molecule has 2 aliphatic rings. The van der Waals surface area contributed by atoms with Crippen LogP contribution >= 0.6 is 0 Å². The summed E-state index contributed by atoms with van der Waals surface area (Å²) in [5.41, 5.74) is 1.29. The minimum absolute atomic E-state index is 0.0111. The molecule has 0 aliphatic carbocycles. The second-order valence-corrected chi connectivity index (χ2v) is 12.6. The predicted molar refractivity (Wildman–Crippen MR) is 156 cm³/mol. The monoisotopic (exact) mass is 668 g/mol. The predicted octanol–water partition coefficient (Wildman–Crippen LogP) is 2.63. The zero-order chi connectivity index (χ0) is 30.6. The number of methoxy groups -OCH3 is 1.